The van der Waals surface area contributed by atoms with Crippen molar-refractivity contribution in [2.45, 2.75) is 6.04 Å². The molecule has 0 aliphatic heterocycles. The number of benzene rings is 1. The number of carbonyl (C=O) groups excluding carboxylic acids is 1. The minimum atomic E-state index is -0.815. The van der Waals surface area contributed by atoms with E-state index >= 15 is 0 Å². The number of ether oxygens (including phenoxy) is 2. The van der Waals surface area contributed by atoms with Crippen molar-refractivity contribution in [3.8, 4) is 11.5 Å². The third-order valence-corrected chi connectivity index (χ3v) is 2.38. The fourth-order valence-corrected chi connectivity index (χ4v) is 1.41. The highest BCUT2D eigenvalue weighted by molar-refractivity contribution is 5.82. The van der Waals surface area contributed by atoms with Gasteiger partial charge < -0.3 is 15.2 Å². The average molecular weight is 239 g/mol. The maximum atomic E-state index is 11.6. The highest BCUT2D eigenvalue weighted by atomic mass is 16.5. The van der Waals surface area contributed by atoms with E-state index in [1.165, 1.54) is 21.3 Å². The largest absolute Gasteiger partial charge is 0.493 e. The van der Waals surface area contributed by atoms with E-state index < -0.39 is 6.04 Å². The highest BCUT2D eigenvalue weighted by Crippen LogP contribution is 2.29. The van der Waals surface area contributed by atoms with Crippen molar-refractivity contribution in [2.24, 2.45) is 11.6 Å². The SMILES string of the molecule is COc1ccc(C(N)C(=O)N(C)N)cc1OC. The lowest BCUT2D eigenvalue weighted by atomic mass is 10.1. The maximum Gasteiger partial charge on any atom is 0.257 e. The first-order chi connectivity index (χ1) is 8.01. The smallest absolute Gasteiger partial charge is 0.257 e. The van der Waals surface area contributed by atoms with Crippen molar-refractivity contribution in [1.29, 1.82) is 0 Å². The van der Waals surface area contributed by atoms with Gasteiger partial charge in [0.15, 0.2) is 11.5 Å². The van der Waals surface area contributed by atoms with Gasteiger partial charge in [0.05, 0.1) is 14.2 Å². The molecule has 1 aromatic carbocycles. The van der Waals surface area contributed by atoms with Gasteiger partial charge in [-0.05, 0) is 17.7 Å². The summed E-state index contributed by atoms with van der Waals surface area (Å²) in [6.45, 7) is 0. The minimum absolute atomic E-state index is 0.378. The molecule has 6 heteroatoms. The molecule has 1 amide bonds. The minimum Gasteiger partial charge on any atom is -0.493 e. The molecule has 0 aromatic heterocycles. The van der Waals surface area contributed by atoms with Crippen LogP contribution >= 0.6 is 0 Å². The predicted molar refractivity (Wildman–Crippen MR) is 63.4 cm³/mol. The van der Waals surface area contributed by atoms with Crippen molar-refractivity contribution in [1.82, 2.24) is 5.01 Å². The first-order valence-electron chi connectivity index (χ1n) is 5.01. The third-order valence-electron chi connectivity index (χ3n) is 2.38. The van der Waals surface area contributed by atoms with Crippen LogP contribution in [0.25, 0.3) is 0 Å². The molecule has 0 radical (unpaired) electrons. The Bertz CT molecular complexity index is 407. The number of methoxy groups -OCH3 is 2. The molecule has 1 aromatic rings. The van der Waals surface area contributed by atoms with Crippen LogP contribution in [-0.2, 0) is 4.79 Å². The van der Waals surface area contributed by atoms with Crippen molar-refractivity contribution in [3.05, 3.63) is 23.8 Å². The molecule has 6 nitrogen and oxygen atoms in total. The zero-order chi connectivity index (χ0) is 13.0. The van der Waals surface area contributed by atoms with Crippen molar-refractivity contribution < 1.29 is 14.3 Å². The molecular weight excluding hydrogens is 222 g/mol. The van der Waals surface area contributed by atoms with Crippen LogP contribution in [0.2, 0.25) is 0 Å². The van der Waals surface area contributed by atoms with Crippen LogP contribution in [0, 0.1) is 0 Å². The number of carbonyl (C=O) groups is 1. The summed E-state index contributed by atoms with van der Waals surface area (Å²) in [6.07, 6.45) is 0. The third kappa shape index (κ3) is 2.86. The van der Waals surface area contributed by atoms with Gasteiger partial charge in [-0.1, -0.05) is 6.07 Å². The van der Waals surface area contributed by atoms with E-state index in [0.29, 0.717) is 17.1 Å². The molecule has 0 saturated heterocycles. The summed E-state index contributed by atoms with van der Waals surface area (Å²) in [5.41, 5.74) is 6.40. The first-order valence-corrected chi connectivity index (χ1v) is 5.01. The number of nitrogens with two attached hydrogens (primary N) is 2. The quantitative estimate of drug-likeness (QED) is 0.439. The lowest BCUT2D eigenvalue weighted by Gasteiger charge is -2.17. The molecule has 0 saturated carbocycles. The van der Waals surface area contributed by atoms with Crippen molar-refractivity contribution in [2.75, 3.05) is 21.3 Å². The van der Waals surface area contributed by atoms with E-state index in [-0.39, 0.29) is 5.91 Å². The first kappa shape index (κ1) is 13.3. The fourth-order valence-electron chi connectivity index (χ4n) is 1.41. The Morgan fingerprint density at radius 1 is 1.29 bits per heavy atom. The Morgan fingerprint density at radius 2 is 1.88 bits per heavy atom. The molecule has 94 valence electrons. The Kier molecular flexibility index (Phi) is 4.30. The van der Waals surface area contributed by atoms with Crippen LogP contribution in [-0.4, -0.2) is 32.2 Å². The molecule has 0 heterocycles. The number of hydrogen-bond acceptors (Lipinski definition) is 5. The van der Waals surface area contributed by atoms with Crippen LogP contribution in [0.5, 0.6) is 11.5 Å². The molecule has 1 atom stereocenters. The average Bonchev–Trinajstić information content (AvgIpc) is 2.35. The number of amides is 1. The second-order valence-electron chi connectivity index (χ2n) is 3.54. The zero-order valence-electron chi connectivity index (χ0n) is 10.1. The standard InChI is InChI=1S/C11H17N3O3/c1-14(13)11(15)10(12)7-4-5-8(16-2)9(6-7)17-3/h4-6,10H,12-13H2,1-3H3. The predicted octanol–water partition coefficient (Wildman–Crippen LogP) is 0.0357. The van der Waals surface area contributed by atoms with Crippen LogP contribution in [0.1, 0.15) is 11.6 Å². The Balaban J connectivity index is 3.03. The highest BCUT2D eigenvalue weighted by Gasteiger charge is 2.19. The molecular formula is C11H17N3O3. The van der Waals surface area contributed by atoms with Crippen LogP contribution in [0.4, 0.5) is 0 Å². The van der Waals surface area contributed by atoms with E-state index in [1.54, 1.807) is 18.2 Å². The summed E-state index contributed by atoms with van der Waals surface area (Å²) in [7, 11) is 4.50. The van der Waals surface area contributed by atoms with Gasteiger partial charge in [0.2, 0.25) is 0 Å². The number of hydrogen-bond donors (Lipinski definition) is 2. The number of nitrogens with zero attached hydrogens (tertiary/aromatic N) is 1. The second-order valence-corrected chi connectivity index (χ2v) is 3.54. The van der Waals surface area contributed by atoms with E-state index in [2.05, 4.69) is 0 Å². The number of rotatable bonds is 4. The lowest BCUT2D eigenvalue weighted by molar-refractivity contribution is -0.131. The van der Waals surface area contributed by atoms with Gasteiger partial charge in [-0.2, -0.15) is 0 Å². The van der Waals surface area contributed by atoms with Crippen LogP contribution in [0.15, 0.2) is 18.2 Å². The topological polar surface area (TPSA) is 90.8 Å². The fraction of sp³-hybridized carbons (Fsp3) is 0.364. The summed E-state index contributed by atoms with van der Waals surface area (Å²) in [5, 5.41) is 0.960. The Morgan fingerprint density at radius 3 is 2.35 bits per heavy atom. The lowest BCUT2D eigenvalue weighted by Crippen LogP contribution is -2.40. The van der Waals surface area contributed by atoms with E-state index in [4.69, 9.17) is 21.1 Å². The zero-order valence-corrected chi connectivity index (χ0v) is 10.1. The van der Waals surface area contributed by atoms with E-state index in [1.807, 2.05) is 0 Å². The molecule has 4 N–H and O–H groups in total. The summed E-state index contributed by atoms with van der Waals surface area (Å²) in [4.78, 5) is 11.6. The molecule has 1 rings (SSSR count). The molecule has 0 fully saturated rings. The molecule has 0 aliphatic carbocycles. The van der Waals surface area contributed by atoms with E-state index in [9.17, 15) is 4.79 Å². The Hall–Kier alpha value is -1.79. The Labute approximate surface area is 100 Å². The van der Waals surface area contributed by atoms with Gasteiger partial charge in [-0.15, -0.1) is 0 Å². The number of hydrazine groups is 1. The molecule has 0 aliphatic rings. The van der Waals surface area contributed by atoms with Crippen molar-refractivity contribution in [3.63, 3.8) is 0 Å². The molecule has 1 unspecified atom stereocenters. The van der Waals surface area contributed by atoms with Gasteiger partial charge in [-0.25, -0.2) is 5.84 Å². The molecule has 0 bridgehead atoms. The van der Waals surface area contributed by atoms with Gasteiger partial charge in [0.25, 0.3) is 5.91 Å². The van der Waals surface area contributed by atoms with Gasteiger partial charge >= 0.3 is 0 Å². The summed E-state index contributed by atoms with van der Waals surface area (Å²) in [6, 6.07) is 4.24. The summed E-state index contributed by atoms with van der Waals surface area (Å²) < 4.78 is 10.2. The van der Waals surface area contributed by atoms with Gasteiger partial charge in [0, 0.05) is 7.05 Å². The summed E-state index contributed by atoms with van der Waals surface area (Å²) >= 11 is 0. The van der Waals surface area contributed by atoms with Gasteiger partial charge in [0.1, 0.15) is 6.04 Å². The maximum absolute atomic E-state index is 11.6. The number of likely N-dealkylation sites (N-methyl/N-ethyl adjacent to an activating group) is 1. The van der Waals surface area contributed by atoms with Crippen LogP contribution in [0.3, 0.4) is 0 Å². The second kappa shape index (κ2) is 5.51. The summed E-state index contributed by atoms with van der Waals surface area (Å²) in [5.74, 6) is 6.07. The molecule has 0 spiro atoms. The van der Waals surface area contributed by atoms with Crippen LogP contribution < -0.4 is 21.1 Å². The monoisotopic (exact) mass is 239 g/mol. The van der Waals surface area contributed by atoms with Gasteiger partial charge in [-0.3, -0.25) is 9.80 Å². The normalized spacial score (nSPS) is 11.8. The van der Waals surface area contributed by atoms with Crippen molar-refractivity contribution >= 4 is 5.91 Å². The van der Waals surface area contributed by atoms with E-state index in [0.717, 1.165) is 5.01 Å². The molecule has 17 heavy (non-hydrogen) atoms.